The molecule has 0 atom stereocenters. The third kappa shape index (κ3) is 2.70. The molecule has 0 aliphatic heterocycles. The quantitative estimate of drug-likeness (QED) is 0.654. The summed E-state index contributed by atoms with van der Waals surface area (Å²) in [4.78, 5) is 0. The fraction of sp³-hybridized carbons (Fsp3) is 0.455. The van der Waals surface area contributed by atoms with Gasteiger partial charge in [-0.2, -0.15) is 0 Å². The van der Waals surface area contributed by atoms with Crippen molar-refractivity contribution in [2.75, 3.05) is 5.88 Å². The van der Waals surface area contributed by atoms with Crippen LogP contribution in [0.2, 0.25) is 0 Å². The lowest BCUT2D eigenvalue weighted by Crippen LogP contribution is -1.94. The van der Waals surface area contributed by atoms with Crippen LogP contribution in [0.5, 0.6) is 0 Å². The highest BCUT2D eigenvalue weighted by Gasteiger charge is 2.03. The minimum atomic E-state index is -0.104. The second kappa shape index (κ2) is 4.61. The van der Waals surface area contributed by atoms with E-state index in [4.69, 9.17) is 11.6 Å². The van der Waals surface area contributed by atoms with Gasteiger partial charge in [-0.25, -0.2) is 4.39 Å². The summed E-state index contributed by atoms with van der Waals surface area (Å²) in [6, 6.07) is 3.51. The summed E-state index contributed by atoms with van der Waals surface area (Å²) in [6.07, 6.45) is 1.57. The maximum atomic E-state index is 13.3. The molecule has 0 fully saturated rings. The maximum Gasteiger partial charge on any atom is 0.126 e. The lowest BCUT2D eigenvalue weighted by molar-refractivity contribution is 0.605. The highest BCUT2D eigenvalue weighted by atomic mass is 35.5. The molecule has 13 heavy (non-hydrogen) atoms. The Labute approximate surface area is 83.7 Å². The van der Waals surface area contributed by atoms with Crippen molar-refractivity contribution in [2.45, 2.75) is 26.7 Å². The van der Waals surface area contributed by atoms with Crippen molar-refractivity contribution in [1.29, 1.82) is 0 Å². The van der Waals surface area contributed by atoms with Gasteiger partial charge in [0.05, 0.1) is 0 Å². The summed E-state index contributed by atoms with van der Waals surface area (Å²) in [5, 5.41) is 0. The van der Waals surface area contributed by atoms with Crippen molar-refractivity contribution in [3.05, 3.63) is 34.6 Å². The van der Waals surface area contributed by atoms with Crippen LogP contribution >= 0.6 is 11.6 Å². The van der Waals surface area contributed by atoms with E-state index in [9.17, 15) is 4.39 Å². The van der Waals surface area contributed by atoms with E-state index >= 15 is 0 Å². The Bertz CT molecular complexity index is 294. The molecule has 0 spiro atoms. The van der Waals surface area contributed by atoms with Crippen LogP contribution < -0.4 is 0 Å². The molecule has 0 saturated heterocycles. The van der Waals surface area contributed by atoms with Gasteiger partial charge in [-0.1, -0.05) is 6.07 Å². The lowest BCUT2D eigenvalue weighted by Gasteiger charge is -2.06. The van der Waals surface area contributed by atoms with Gasteiger partial charge in [-0.05, 0) is 49.4 Å². The van der Waals surface area contributed by atoms with E-state index in [1.165, 1.54) is 0 Å². The Morgan fingerprint density at radius 1 is 1.23 bits per heavy atom. The topological polar surface area (TPSA) is 0 Å². The number of benzene rings is 1. The van der Waals surface area contributed by atoms with Crippen LogP contribution in [-0.2, 0) is 6.42 Å². The predicted molar refractivity (Wildman–Crippen MR) is 54.9 cm³/mol. The molecule has 0 radical (unpaired) electrons. The standard InChI is InChI=1S/C11H14ClF/c1-8-6-10(4-3-5-12)11(13)7-9(8)2/h6-7H,3-5H2,1-2H3. The van der Waals surface area contributed by atoms with Crippen LogP contribution in [0.3, 0.4) is 0 Å². The van der Waals surface area contributed by atoms with Crippen LogP contribution in [-0.4, -0.2) is 5.88 Å². The zero-order valence-electron chi connectivity index (χ0n) is 8.03. The molecule has 1 aromatic rings. The number of alkyl halides is 1. The molecule has 1 aromatic carbocycles. The van der Waals surface area contributed by atoms with Crippen molar-refractivity contribution >= 4 is 11.6 Å². The smallest absolute Gasteiger partial charge is 0.126 e. The van der Waals surface area contributed by atoms with E-state index < -0.39 is 0 Å². The zero-order valence-corrected chi connectivity index (χ0v) is 8.79. The molecular formula is C11H14ClF. The largest absolute Gasteiger partial charge is 0.207 e. The van der Waals surface area contributed by atoms with Crippen molar-refractivity contribution in [1.82, 2.24) is 0 Å². The first-order valence-corrected chi connectivity index (χ1v) is 5.00. The maximum absolute atomic E-state index is 13.3. The number of aryl methyl sites for hydroxylation is 3. The third-order valence-electron chi connectivity index (χ3n) is 2.24. The summed E-state index contributed by atoms with van der Waals surface area (Å²) in [5.74, 6) is 0.486. The molecule has 0 aromatic heterocycles. The van der Waals surface area contributed by atoms with Crippen LogP contribution in [0.15, 0.2) is 12.1 Å². The number of hydrogen-bond donors (Lipinski definition) is 0. The Hall–Kier alpha value is -0.560. The molecule has 0 aliphatic carbocycles. The van der Waals surface area contributed by atoms with Crippen molar-refractivity contribution in [3.8, 4) is 0 Å². The summed E-state index contributed by atoms with van der Waals surface area (Å²) in [6.45, 7) is 3.92. The molecule has 1 rings (SSSR count). The van der Waals surface area contributed by atoms with Gasteiger partial charge < -0.3 is 0 Å². The highest BCUT2D eigenvalue weighted by Crippen LogP contribution is 2.16. The summed E-state index contributed by atoms with van der Waals surface area (Å²) >= 11 is 5.55. The van der Waals surface area contributed by atoms with E-state index in [-0.39, 0.29) is 5.82 Å². The van der Waals surface area contributed by atoms with Gasteiger partial charge in [0.2, 0.25) is 0 Å². The Balaban J connectivity index is 2.88. The molecule has 2 heteroatoms. The van der Waals surface area contributed by atoms with Crippen molar-refractivity contribution < 1.29 is 4.39 Å². The first kappa shape index (κ1) is 10.5. The molecule has 0 nitrogen and oxygen atoms in total. The van der Waals surface area contributed by atoms with E-state index in [0.29, 0.717) is 5.88 Å². The molecule has 0 bridgehead atoms. The molecule has 0 saturated carbocycles. The van der Waals surface area contributed by atoms with E-state index in [0.717, 1.165) is 29.5 Å². The number of hydrogen-bond acceptors (Lipinski definition) is 0. The Morgan fingerprint density at radius 2 is 1.85 bits per heavy atom. The summed E-state index contributed by atoms with van der Waals surface area (Å²) in [5.41, 5.74) is 2.93. The molecular weight excluding hydrogens is 187 g/mol. The number of halogens is 2. The Kier molecular flexibility index (Phi) is 3.73. The van der Waals surface area contributed by atoms with Crippen LogP contribution in [0.1, 0.15) is 23.1 Å². The van der Waals surface area contributed by atoms with E-state index in [2.05, 4.69) is 0 Å². The molecule has 0 amide bonds. The molecule has 0 heterocycles. The van der Waals surface area contributed by atoms with Gasteiger partial charge >= 0.3 is 0 Å². The van der Waals surface area contributed by atoms with Gasteiger partial charge in [-0.3, -0.25) is 0 Å². The molecule has 72 valence electrons. The van der Waals surface area contributed by atoms with Crippen LogP contribution in [0.25, 0.3) is 0 Å². The minimum Gasteiger partial charge on any atom is -0.207 e. The zero-order chi connectivity index (χ0) is 9.84. The molecule has 0 aliphatic rings. The molecule has 0 unspecified atom stereocenters. The summed E-state index contributed by atoms with van der Waals surface area (Å²) < 4.78 is 13.3. The van der Waals surface area contributed by atoms with Crippen molar-refractivity contribution in [2.24, 2.45) is 0 Å². The van der Waals surface area contributed by atoms with E-state index in [1.807, 2.05) is 19.9 Å². The SMILES string of the molecule is Cc1cc(F)c(CCCCl)cc1C. The van der Waals surface area contributed by atoms with Gasteiger partial charge in [0, 0.05) is 5.88 Å². The van der Waals surface area contributed by atoms with Crippen LogP contribution in [0.4, 0.5) is 4.39 Å². The third-order valence-corrected chi connectivity index (χ3v) is 2.51. The second-order valence-corrected chi connectivity index (χ2v) is 3.70. The average Bonchev–Trinajstić information content (AvgIpc) is 2.09. The minimum absolute atomic E-state index is 0.104. The number of rotatable bonds is 3. The molecule has 0 N–H and O–H groups in total. The fourth-order valence-electron chi connectivity index (χ4n) is 1.29. The van der Waals surface area contributed by atoms with Gasteiger partial charge in [0.1, 0.15) is 5.82 Å². The predicted octanol–water partition coefficient (Wildman–Crippen LogP) is 3.61. The van der Waals surface area contributed by atoms with Crippen LogP contribution in [0, 0.1) is 19.7 Å². The monoisotopic (exact) mass is 200 g/mol. The highest BCUT2D eigenvalue weighted by molar-refractivity contribution is 6.17. The summed E-state index contributed by atoms with van der Waals surface area (Å²) in [7, 11) is 0. The van der Waals surface area contributed by atoms with Gasteiger partial charge in [0.15, 0.2) is 0 Å². The average molecular weight is 201 g/mol. The van der Waals surface area contributed by atoms with Gasteiger partial charge in [-0.15, -0.1) is 11.6 Å². The lowest BCUT2D eigenvalue weighted by atomic mass is 10.0. The Morgan fingerprint density at radius 3 is 2.46 bits per heavy atom. The first-order chi connectivity index (χ1) is 6.15. The first-order valence-electron chi connectivity index (χ1n) is 4.46. The van der Waals surface area contributed by atoms with Gasteiger partial charge in [0.25, 0.3) is 0 Å². The van der Waals surface area contributed by atoms with E-state index in [1.54, 1.807) is 6.07 Å². The second-order valence-electron chi connectivity index (χ2n) is 3.32. The normalized spacial score (nSPS) is 10.5. The fourth-order valence-corrected chi connectivity index (χ4v) is 1.42. The van der Waals surface area contributed by atoms with Crippen molar-refractivity contribution in [3.63, 3.8) is 0 Å².